The van der Waals surface area contributed by atoms with Gasteiger partial charge in [-0.15, -0.1) is 11.3 Å². The maximum Gasteiger partial charge on any atom is 0.355 e. The van der Waals surface area contributed by atoms with Crippen molar-refractivity contribution in [1.82, 2.24) is 4.98 Å². The molecular formula is C8H7BrClN2OS+. The van der Waals surface area contributed by atoms with Gasteiger partial charge >= 0.3 is 10.8 Å². The maximum absolute atomic E-state index is 11.5. The molecule has 0 amide bonds. The second kappa shape index (κ2) is 3.64. The largest absolute Gasteiger partial charge is 0.355 e. The third kappa shape index (κ3) is 1.49. The third-order valence-electron chi connectivity index (χ3n) is 1.97. The van der Waals surface area contributed by atoms with Crippen LogP contribution in [-0.4, -0.2) is 4.98 Å². The summed E-state index contributed by atoms with van der Waals surface area (Å²) in [7, 11) is 1.82. The minimum absolute atomic E-state index is 0.125. The predicted molar refractivity (Wildman–Crippen MR) is 61.3 cm³/mol. The molecule has 2 heterocycles. The lowest BCUT2D eigenvalue weighted by atomic mass is 10.4. The Kier molecular flexibility index (Phi) is 2.64. The van der Waals surface area contributed by atoms with Crippen molar-refractivity contribution in [3.05, 3.63) is 26.6 Å². The lowest BCUT2D eigenvalue weighted by Crippen LogP contribution is -2.34. The Labute approximate surface area is 97.5 Å². The molecule has 2 aromatic rings. The summed E-state index contributed by atoms with van der Waals surface area (Å²) < 4.78 is 2.48. The second-order valence-corrected chi connectivity index (χ2v) is 4.92. The van der Waals surface area contributed by atoms with E-state index in [4.69, 9.17) is 11.6 Å². The number of aryl methyl sites for hydroxylation is 1. The van der Waals surface area contributed by atoms with Crippen LogP contribution in [0.5, 0.6) is 0 Å². The van der Waals surface area contributed by atoms with Gasteiger partial charge in [-0.3, -0.25) is 0 Å². The zero-order chi connectivity index (χ0) is 10.3. The van der Waals surface area contributed by atoms with Crippen molar-refractivity contribution in [2.75, 3.05) is 0 Å². The molecule has 0 aliphatic carbocycles. The van der Waals surface area contributed by atoms with Crippen molar-refractivity contribution in [2.24, 2.45) is 7.05 Å². The van der Waals surface area contributed by atoms with Crippen molar-refractivity contribution in [3.63, 3.8) is 0 Å². The van der Waals surface area contributed by atoms with Crippen LogP contribution < -0.4 is 10.1 Å². The van der Waals surface area contributed by atoms with Gasteiger partial charge in [0.25, 0.3) is 0 Å². The standard InChI is InChI=1S/C8H6BrClN2OS/c1-12-5-2-4(3-9)14-6(5)7(13)11-8(12)10/h2H,3H2,1H3/p+1. The van der Waals surface area contributed by atoms with Gasteiger partial charge in [-0.1, -0.05) is 15.9 Å². The fraction of sp³-hybridized carbons (Fsp3) is 0.250. The van der Waals surface area contributed by atoms with Crippen molar-refractivity contribution in [3.8, 4) is 0 Å². The van der Waals surface area contributed by atoms with E-state index in [0.717, 1.165) is 15.7 Å². The molecule has 6 heteroatoms. The average Bonchev–Trinajstić information content (AvgIpc) is 2.58. The number of hydrogen-bond donors (Lipinski definition) is 1. The van der Waals surface area contributed by atoms with Crippen LogP contribution >= 0.6 is 38.9 Å². The SMILES string of the molecule is C[n+]1c(Cl)[nH]c(=O)c2sc(CBr)cc21. The highest BCUT2D eigenvalue weighted by Gasteiger charge is 2.15. The summed E-state index contributed by atoms with van der Waals surface area (Å²) in [5, 5.41) is 1.10. The van der Waals surface area contributed by atoms with Crippen LogP contribution in [0.25, 0.3) is 10.2 Å². The van der Waals surface area contributed by atoms with E-state index in [2.05, 4.69) is 20.9 Å². The highest BCUT2D eigenvalue weighted by molar-refractivity contribution is 9.08. The lowest BCUT2D eigenvalue weighted by molar-refractivity contribution is -0.645. The van der Waals surface area contributed by atoms with Crippen molar-refractivity contribution < 1.29 is 4.57 Å². The van der Waals surface area contributed by atoms with Crippen molar-refractivity contribution in [2.45, 2.75) is 5.33 Å². The van der Waals surface area contributed by atoms with E-state index in [9.17, 15) is 4.79 Å². The Balaban J connectivity index is 2.91. The van der Waals surface area contributed by atoms with E-state index in [0.29, 0.717) is 9.98 Å². The maximum atomic E-state index is 11.5. The smallest absolute Gasteiger partial charge is 0.240 e. The van der Waals surface area contributed by atoms with Crippen LogP contribution in [-0.2, 0) is 12.4 Å². The first kappa shape index (κ1) is 10.1. The molecule has 2 aromatic heterocycles. The van der Waals surface area contributed by atoms with Crippen LogP contribution in [0, 0.1) is 0 Å². The van der Waals surface area contributed by atoms with Crippen LogP contribution in [0.4, 0.5) is 0 Å². The van der Waals surface area contributed by atoms with Gasteiger partial charge in [0.1, 0.15) is 0 Å². The number of fused-ring (bicyclic) bond motifs is 1. The number of alkyl halides is 1. The third-order valence-corrected chi connectivity index (χ3v) is 4.42. The number of hydrogen-bond acceptors (Lipinski definition) is 2. The molecule has 0 spiro atoms. The number of halogens is 2. The van der Waals surface area contributed by atoms with Crippen LogP contribution in [0.2, 0.25) is 5.28 Å². The molecule has 0 saturated carbocycles. The molecule has 74 valence electrons. The molecular weight excluding hydrogens is 288 g/mol. The van der Waals surface area contributed by atoms with Gasteiger partial charge in [-0.2, -0.15) is 4.98 Å². The number of thiophene rings is 1. The fourth-order valence-electron chi connectivity index (χ4n) is 1.25. The molecule has 0 radical (unpaired) electrons. The van der Waals surface area contributed by atoms with Gasteiger partial charge in [0.2, 0.25) is 0 Å². The first-order valence-corrected chi connectivity index (χ1v) is 6.21. The van der Waals surface area contributed by atoms with E-state index in [-0.39, 0.29) is 5.56 Å². The summed E-state index contributed by atoms with van der Waals surface area (Å²) in [6.07, 6.45) is 0. The highest BCUT2D eigenvalue weighted by atomic mass is 79.9. The summed E-state index contributed by atoms with van der Waals surface area (Å²) in [4.78, 5) is 15.2. The van der Waals surface area contributed by atoms with E-state index < -0.39 is 0 Å². The monoisotopic (exact) mass is 293 g/mol. The average molecular weight is 295 g/mol. The number of nitrogens with zero attached hydrogens (tertiary/aromatic N) is 1. The number of H-pyrrole nitrogens is 1. The molecule has 0 aromatic carbocycles. The molecule has 1 N–H and O–H groups in total. The zero-order valence-electron chi connectivity index (χ0n) is 7.30. The summed E-state index contributed by atoms with van der Waals surface area (Å²) in [6, 6.07) is 1.97. The van der Waals surface area contributed by atoms with Crippen LogP contribution in [0.15, 0.2) is 10.9 Å². The van der Waals surface area contributed by atoms with E-state index in [1.807, 2.05) is 13.1 Å². The highest BCUT2D eigenvalue weighted by Crippen LogP contribution is 2.22. The molecule has 0 unspecified atom stereocenters. The molecule has 0 bridgehead atoms. The van der Waals surface area contributed by atoms with Gasteiger partial charge in [0.05, 0.1) is 7.05 Å². The molecule has 0 fully saturated rings. The topological polar surface area (TPSA) is 36.7 Å². The summed E-state index contributed by atoms with van der Waals surface area (Å²) in [5.41, 5.74) is 0.749. The van der Waals surface area contributed by atoms with Crippen molar-refractivity contribution in [1.29, 1.82) is 0 Å². The Morgan fingerprint density at radius 2 is 2.43 bits per heavy atom. The molecule has 14 heavy (non-hydrogen) atoms. The molecule has 0 aliphatic heterocycles. The van der Waals surface area contributed by atoms with Gasteiger partial charge < -0.3 is 0 Å². The quantitative estimate of drug-likeness (QED) is 0.487. The first-order chi connectivity index (χ1) is 6.63. The second-order valence-electron chi connectivity index (χ2n) is 2.86. The normalized spacial score (nSPS) is 11.1. The minimum Gasteiger partial charge on any atom is -0.240 e. The fourth-order valence-corrected chi connectivity index (χ4v) is 2.86. The zero-order valence-corrected chi connectivity index (χ0v) is 10.5. The first-order valence-electron chi connectivity index (χ1n) is 3.89. The van der Waals surface area contributed by atoms with Gasteiger partial charge in [-0.25, -0.2) is 9.36 Å². The Hall–Kier alpha value is -0.390. The Morgan fingerprint density at radius 3 is 3.07 bits per heavy atom. The van der Waals surface area contributed by atoms with Gasteiger partial charge in [0.15, 0.2) is 10.2 Å². The molecule has 2 rings (SSSR count). The number of aromatic nitrogens is 2. The van der Waals surface area contributed by atoms with E-state index >= 15 is 0 Å². The molecule has 0 saturated heterocycles. The van der Waals surface area contributed by atoms with E-state index in [1.165, 1.54) is 11.3 Å². The van der Waals surface area contributed by atoms with Gasteiger partial charge in [0, 0.05) is 27.9 Å². The van der Waals surface area contributed by atoms with Gasteiger partial charge in [-0.05, 0) is 0 Å². The summed E-state index contributed by atoms with van der Waals surface area (Å²) in [6.45, 7) is 0. The Bertz CT molecular complexity index is 548. The minimum atomic E-state index is -0.125. The molecule has 0 atom stereocenters. The Morgan fingerprint density at radius 1 is 1.71 bits per heavy atom. The summed E-state index contributed by atoms with van der Waals surface area (Å²) >= 11 is 10.7. The van der Waals surface area contributed by atoms with E-state index in [1.54, 1.807) is 4.57 Å². The summed E-state index contributed by atoms with van der Waals surface area (Å²) in [5.74, 6) is 0. The predicted octanol–water partition coefficient (Wildman–Crippen LogP) is 1.96. The molecule has 0 aliphatic rings. The van der Waals surface area contributed by atoms with Crippen LogP contribution in [0.1, 0.15) is 4.88 Å². The number of nitrogens with one attached hydrogen (secondary N) is 1. The van der Waals surface area contributed by atoms with Crippen LogP contribution in [0.3, 0.4) is 0 Å². The number of aromatic amines is 1. The van der Waals surface area contributed by atoms with Crippen molar-refractivity contribution >= 4 is 49.1 Å². The lowest BCUT2D eigenvalue weighted by Gasteiger charge is -1.92. The molecule has 3 nitrogen and oxygen atoms in total. The number of rotatable bonds is 1.